The Hall–Kier alpha value is -0.570. The minimum Gasteiger partial charge on any atom is -0.469 e. The van der Waals surface area contributed by atoms with Crippen molar-refractivity contribution >= 4 is 5.97 Å². The maximum atomic E-state index is 9.59. The summed E-state index contributed by atoms with van der Waals surface area (Å²) in [6.07, 6.45) is 2.59. The van der Waals surface area contributed by atoms with Gasteiger partial charge in [0.1, 0.15) is 0 Å². The molecule has 0 amide bonds. The molecule has 0 aliphatic rings. The molecule has 0 atom stereocenters. The van der Waals surface area contributed by atoms with Gasteiger partial charge >= 0.3 is 5.97 Å². The van der Waals surface area contributed by atoms with E-state index in [0.717, 1.165) is 6.54 Å². The third kappa shape index (κ3) is 26.5. The van der Waals surface area contributed by atoms with Gasteiger partial charge in [-0.25, -0.2) is 0 Å². The second kappa shape index (κ2) is 12.1. The van der Waals surface area contributed by atoms with Gasteiger partial charge in [0.05, 0.1) is 7.11 Å². The van der Waals surface area contributed by atoms with E-state index >= 15 is 0 Å². The molecule has 0 heterocycles. The Morgan fingerprint density at radius 3 is 2.09 bits per heavy atom. The first kappa shape index (κ1) is 13.1. The molecule has 0 unspecified atom stereocenters. The third-order valence-electron chi connectivity index (χ3n) is 1.07. The number of esters is 1. The monoisotopic (exact) mass is 161 g/mol. The lowest BCUT2D eigenvalue weighted by Gasteiger charge is -1.89. The van der Waals surface area contributed by atoms with E-state index in [0.29, 0.717) is 0 Å². The number of carbonyl (C=O) groups is 1. The molecule has 0 aromatic heterocycles. The van der Waals surface area contributed by atoms with E-state index in [4.69, 9.17) is 0 Å². The number of hydrogen-bond donors (Lipinski definition) is 1. The van der Waals surface area contributed by atoms with Crippen LogP contribution >= 0.6 is 0 Å². The Bertz CT molecular complexity index is 80.2. The van der Waals surface area contributed by atoms with Crippen LogP contribution in [0, 0.1) is 0 Å². The zero-order valence-corrected chi connectivity index (χ0v) is 7.94. The Morgan fingerprint density at radius 1 is 1.55 bits per heavy atom. The summed E-state index contributed by atoms with van der Waals surface area (Å²) in [6.45, 7) is 4.72. The Kier molecular flexibility index (Phi) is 14.4. The van der Waals surface area contributed by atoms with Crippen molar-refractivity contribution in [1.29, 1.82) is 0 Å². The molecule has 0 fully saturated rings. The van der Waals surface area contributed by atoms with Gasteiger partial charge < -0.3 is 10.1 Å². The highest BCUT2D eigenvalue weighted by molar-refractivity contribution is 5.65. The molecule has 3 heteroatoms. The van der Waals surface area contributed by atoms with Crippen LogP contribution in [0.15, 0.2) is 0 Å². The number of ether oxygens (including phenoxy) is 1. The van der Waals surface area contributed by atoms with Gasteiger partial charge in [-0.2, -0.15) is 0 Å². The van der Waals surface area contributed by atoms with Crippen LogP contribution in [-0.4, -0.2) is 26.7 Å². The molecule has 0 radical (unpaired) electrons. The molecule has 0 saturated heterocycles. The number of rotatable bonds is 3. The average Bonchev–Trinajstić information content (AvgIpc) is 2.02. The minimum atomic E-state index is -0.245. The summed E-state index contributed by atoms with van der Waals surface area (Å²) in [6, 6.07) is 0. The zero-order valence-electron chi connectivity index (χ0n) is 7.94. The van der Waals surface area contributed by atoms with Gasteiger partial charge in [0.15, 0.2) is 0 Å². The summed E-state index contributed by atoms with van der Waals surface area (Å²) >= 11 is 0. The molecule has 0 aromatic rings. The molecule has 11 heavy (non-hydrogen) atoms. The fourth-order valence-electron chi connectivity index (χ4n) is 0.354. The highest BCUT2D eigenvalue weighted by Gasteiger charge is 1.75. The summed E-state index contributed by atoms with van der Waals surface area (Å²) in [7, 11) is 3.33. The van der Waals surface area contributed by atoms with Crippen molar-refractivity contribution in [2.75, 3.05) is 20.7 Å². The van der Waals surface area contributed by atoms with Gasteiger partial charge in [-0.05, 0) is 20.0 Å². The van der Waals surface area contributed by atoms with Crippen molar-refractivity contribution in [3.8, 4) is 0 Å². The normalized spacial score (nSPS) is 8.00. The molecule has 0 saturated carbocycles. The molecule has 0 aliphatic carbocycles. The number of unbranched alkanes of at least 4 members (excludes halogenated alkanes) is 1. The first-order chi connectivity index (χ1) is 5.18. The Labute approximate surface area is 69.1 Å². The first-order valence-electron chi connectivity index (χ1n) is 3.88. The van der Waals surface area contributed by atoms with Crippen molar-refractivity contribution in [3.63, 3.8) is 0 Å². The lowest BCUT2D eigenvalue weighted by atomic mass is 10.3. The molecule has 3 nitrogen and oxygen atoms in total. The second-order valence-electron chi connectivity index (χ2n) is 2.15. The highest BCUT2D eigenvalue weighted by Crippen LogP contribution is 1.79. The van der Waals surface area contributed by atoms with E-state index in [1.807, 2.05) is 7.05 Å². The van der Waals surface area contributed by atoms with Gasteiger partial charge in [-0.3, -0.25) is 4.79 Å². The standard InChI is InChI=1S/C5H13N.C3H6O2/c1-3-4-5-6-2;1-3(4)5-2/h6H,3-5H2,1-2H3;1-2H3. The van der Waals surface area contributed by atoms with Crippen LogP contribution in [0.25, 0.3) is 0 Å². The van der Waals surface area contributed by atoms with Crippen molar-refractivity contribution in [3.05, 3.63) is 0 Å². The molecule has 0 rings (SSSR count). The molecule has 0 spiro atoms. The van der Waals surface area contributed by atoms with E-state index < -0.39 is 0 Å². The van der Waals surface area contributed by atoms with Crippen molar-refractivity contribution in [2.45, 2.75) is 26.7 Å². The van der Waals surface area contributed by atoms with E-state index in [9.17, 15) is 4.79 Å². The van der Waals surface area contributed by atoms with Gasteiger partial charge in [-0.1, -0.05) is 13.3 Å². The van der Waals surface area contributed by atoms with E-state index in [2.05, 4.69) is 17.0 Å². The molecule has 0 aromatic carbocycles. The van der Waals surface area contributed by atoms with Gasteiger partial charge in [-0.15, -0.1) is 0 Å². The van der Waals surface area contributed by atoms with Crippen molar-refractivity contribution in [1.82, 2.24) is 5.32 Å². The number of carbonyl (C=O) groups excluding carboxylic acids is 1. The fraction of sp³-hybridized carbons (Fsp3) is 0.875. The lowest BCUT2D eigenvalue weighted by Crippen LogP contribution is -2.06. The molecular weight excluding hydrogens is 142 g/mol. The van der Waals surface area contributed by atoms with Crippen LogP contribution in [0.4, 0.5) is 0 Å². The second-order valence-corrected chi connectivity index (χ2v) is 2.15. The topological polar surface area (TPSA) is 38.3 Å². The van der Waals surface area contributed by atoms with Crippen LogP contribution in [0.2, 0.25) is 0 Å². The summed E-state index contributed by atoms with van der Waals surface area (Å²) in [4.78, 5) is 9.59. The Balaban J connectivity index is 0. The van der Waals surface area contributed by atoms with Crippen LogP contribution < -0.4 is 5.32 Å². The van der Waals surface area contributed by atoms with Crippen LogP contribution in [0.1, 0.15) is 26.7 Å². The molecule has 0 bridgehead atoms. The smallest absolute Gasteiger partial charge is 0.302 e. The predicted octanol–water partition coefficient (Wildman–Crippen LogP) is 1.19. The average molecular weight is 161 g/mol. The van der Waals surface area contributed by atoms with Gasteiger partial charge in [0.2, 0.25) is 0 Å². The first-order valence-corrected chi connectivity index (χ1v) is 3.88. The predicted molar refractivity (Wildman–Crippen MR) is 46.5 cm³/mol. The third-order valence-corrected chi connectivity index (χ3v) is 1.07. The molecule has 1 N–H and O–H groups in total. The summed E-state index contributed by atoms with van der Waals surface area (Å²) in [5, 5.41) is 3.07. The van der Waals surface area contributed by atoms with Crippen LogP contribution in [-0.2, 0) is 9.53 Å². The van der Waals surface area contributed by atoms with E-state index in [1.165, 1.54) is 26.9 Å². The number of hydrogen-bond acceptors (Lipinski definition) is 3. The quantitative estimate of drug-likeness (QED) is 0.499. The fourth-order valence-corrected chi connectivity index (χ4v) is 0.354. The van der Waals surface area contributed by atoms with Crippen LogP contribution in [0.3, 0.4) is 0 Å². The van der Waals surface area contributed by atoms with E-state index in [1.54, 1.807) is 0 Å². The molecule has 0 aliphatic heterocycles. The Morgan fingerprint density at radius 2 is 2.00 bits per heavy atom. The van der Waals surface area contributed by atoms with Gasteiger partial charge in [0, 0.05) is 6.92 Å². The van der Waals surface area contributed by atoms with Crippen molar-refractivity contribution < 1.29 is 9.53 Å². The molecule has 68 valence electrons. The van der Waals surface area contributed by atoms with Crippen LogP contribution in [0.5, 0.6) is 0 Å². The SMILES string of the molecule is CCCCNC.COC(C)=O. The summed E-state index contributed by atoms with van der Waals surface area (Å²) in [5.74, 6) is -0.245. The highest BCUT2D eigenvalue weighted by atomic mass is 16.5. The lowest BCUT2D eigenvalue weighted by molar-refractivity contribution is -0.137. The number of nitrogens with one attached hydrogen (secondary N) is 1. The maximum Gasteiger partial charge on any atom is 0.302 e. The van der Waals surface area contributed by atoms with E-state index in [-0.39, 0.29) is 5.97 Å². The van der Waals surface area contributed by atoms with Gasteiger partial charge in [0.25, 0.3) is 0 Å². The maximum absolute atomic E-state index is 9.59. The number of methoxy groups -OCH3 is 1. The zero-order chi connectivity index (χ0) is 9.11. The largest absolute Gasteiger partial charge is 0.469 e. The minimum absolute atomic E-state index is 0.245. The summed E-state index contributed by atoms with van der Waals surface area (Å²) < 4.78 is 4.11. The summed E-state index contributed by atoms with van der Waals surface area (Å²) in [5.41, 5.74) is 0. The molecular formula is C8H19NO2. The van der Waals surface area contributed by atoms with Crippen molar-refractivity contribution in [2.24, 2.45) is 0 Å².